The molecule has 3 aliphatic heterocycles. The fourth-order valence-electron chi connectivity index (χ4n) is 15.7. The van der Waals surface area contributed by atoms with Gasteiger partial charge < -0.3 is 85.3 Å². The molecule has 18 nitrogen and oxygen atoms in total. The molecule has 23 atom stereocenters. The Morgan fingerprint density at radius 1 is 0.719 bits per heavy atom. The summed E-state index contributed by atoms with van der Waals surface area (Å²) in [5.74, 6) is -4.81. The first-order chi connectivity index (χ1) is 29.7. The summed E-state index contributed by atoms with van der Waals surface area (Å²) in [5.41, 5.74) is -6.67. The summed E-state index contributed by atoms with van der Waals surface area (Å²) >= 11 is 0. The second kappa shape index (κ2) is 15.8. The Hall–Kier alpha value is -1.43. The van der Waals surface area contributed by atoms with E-state index >= 15 is 0 Å². The van der Waals surface area contributed by atoms with E-state index in [1.165, 1.54) is 0 Å². The molecule has 0 radical (unpaired) electrons. The van der Waals surface area contributed by atoms with Crippen LogP contribution < -0.4 is 0 Å². The molecule has 64 heavy (non-hydrogen) atoms. The summed E-state index contributed by atoms with van der Waals surface area (Å²) in [6.07, 6.45) is -19.6. The minimum atomic E-state index is -2.93. The van der Waals surface area contributed by atoms with Gasteiger partial charge in [0.15, 0.2) is 5.60 Å². The van der Waals surface area contributed by atoms with E-state index in [1.54, 1.807) is 0 Å². The van der Waals surface area contributed by atoms with Crippen molar-refractivity contribution in [2.24, 2.45) is 50.2 Å². The normalized spacial score (nSPS) is 56.8. The molecule has 366 valence electrons. The average molecular weight is 915 g/mol. The maximum absolute atomic E-state index is 13.3. The van der Waals surface area contributed by atoms with Crippen LogP contribution in [0.3, 0.4) is 0 Å². The zero-order valence-corrected chi connectivity index (χ0v) is 38.0. The van der Waals surface area contributed by atoms with Crippen LogP contribution in [0.15, 0.2) is 11.6 Å². The van der Waals surface area contributed by atoms with Gasteiger partial charge in [-0.2, -0.15) is 0 Å². The van der Waals surface area contributed by atoms with Crippen LogP contribution in [-0.4, -0.2) is 189 Å². The highest BCUT2D eigenvalue weighted by molar-refractivity contribution is 5.78. The molecule has 18 heteroatoms. The molecular formula is C46H74O18. The van der Waals surface area contributed by atoms with E-state index in [2.05, 4.69) is 33.8 Å². The van der Waals surface area contributed by atoms with Crippen molar-refractivity contribution < 1.29 is 90.1 Å². The highest BCUT2D eigenvalue weighted by Crippen LogP contribution is 2.76. The van der Waals surface area contributed by atoms with E-state index in [1.807, 2.05) is 20.8 Å². The first-order valence-corrected chi connectivity index (χ1v) is 23.3. The van der Waals surface area contributed by atoms with Crippen LogP contribution in [0.1, 0.15) is 99.8 Å². The number of carbonyl (C=O) groups is 1. The third-order valence-corrected chi connectivity index (χ3v) is 19.6. The maximum Gasteiger partial charge on any atom is 0.313 e. The van der Waals surface area contributed by atoms with Gasteiger partial charge in [0.1, 0.15) is 72.6 Å². The summed E-state index contributed by atoms with van der Waals surface area (Å²) in [6.45, 7) is 12.0. The van der Waals surface area contributed by atoms with Crippen molar-refractivity contribution in [2.75, 3.05) is 19.8 Å². The topological polar surface area (TPSA) is 317 Å². The summed E-state index contributed by atoms with van der Waals surface area (Å²) in [5, 5.41) is 148. The first kappa shape index (κ1) is 49.0. The van der Waals surface area contributed by atoms with Gasteiger partial charge in [0.2, 0.25) is 5.79 Å². The molecule has 0 aromatic rings. The molecule has 0 aromatic carbocycles. The number of fused-ring (bicyclic) bond motifs is 7. The van der Waals surface area contributed by atoms with Crippen LogP contribution in [0.5, 0.6) is 0 Å². The largest absolute Gasteiger partial charge is 0.481 e. The van der Waals surface area contributed by atoms with Gasteiger partial charge in [-0.15, -0.1) is 0 Å². The molecule has 3 heterocycles. The lowest BCUT2D eigenvalue weighted by Gasteiger charge is -2.73. The number of aliphatic hydroxyl groups excluding tert-OH is 12. The van der Waals surface area contributed by atoms with Crippen LogP contribution >= 0.6 is 0 Å². The maximum atomic E-state index is 13.3. The summed E-state index contributed by atoms with van der Waals surface area (Å²) in [4.78, 5) is 13.3. The van der Waals surface area contributed by atoms with Crippen LogP contribution in [0.25, 0.3) is 0 Å². The van der Waals surface area contributed by atoms with Crippen molar-refractivity contribution in [1.82, 2.24) is 0 Å². The van der Waals surface area contributed by atoms with Crippen LogP contribution in [0.2, 0.25) is 0 Å². The summed E-state index contributed by atoms with van der Waals surface area (Å²) in [6, 6.07) is 0. The van der Waals surface area contributed by atoms with E-state index in [4.69, 9.17) is 18.9 Å². The van der Waals surface area contributed by atoms with Crippen LogP contribution in [0.4, 0.5) is 0 Å². The molecule has 7 fully saturated rings. The van der Waals surface area contributed by atoms with Gasteiger partial charge in [0, 0.05) is 5.41 Å². The van der Waals surface area contributed by atoms with Crippen molar-refractivity contribution in [3.05, 3.63) is 11.6 Å². The molecule has 5 aliphatic carbocycles. The van der Waals surface area contributed by atoms with Crippen LogP contribution in [0, 0.1) is 50.2 Å². The van der Waals surface area contributed by atoms with Gasteiger partial charge in [-0.1, -0.05) is 60.1 Å². The smallest absolute Gasteiger partial charge is 0.313 e. The number of carboxylic acids is 1. The summed E-state index contributed by atoms with van der Waals surface area (Å²) in [7, 11) is 0. The number of rotatable bonds is 7. The number of hydrogen-bond donors (Lipinski definition) is 13. The molecular weight excluding hydrogens is 840 g/mol. The number of ether oxygens (including phenoxy) is 4. The highest BCUT2D eigenvalue weighted by Gasteiger charge is 2.79. The van der Waals surface area contributed by atoms with Gasteiger partial charge >= 0.3 is 5.97 Å². The lowest BCUT2D eigenvalue weighted by atomic mass is 9.32. The summed E-state index contributed by atoms with van der Waals surface area (Å²) < 4.78 is 25.6. The minimum absolute atomic E-state index is 0.102. The van der Waals surface area contributed by atoms with Crippen molar-refractivity contribution in [3.8, 4) is 0 Å². The molecule has 0 spiro atoms. The predicted molar refractivity (Wildman–Crippen MR) is 222 cm³/mol. The number of carboxylic acid groups (broad SMARTS) is 1. The molecule has 0 amide bonds. The molecule has 3 saturated heterocycles. The van der Waals surface area contributed by atoms with Gasteiger partial charge in [0.25, 0.3) is 0 Å². The Kier molecular flexibility index (Phi) is 12.1. The van der Waals surface area contributed by atoms with Gasteiger partial charge in [-0.05, 0) is 90.8 Å². The highest BCUT2D eigenvalue weighted by atomic mass is 16.8. The fraction of sp³-hybridized carbons (Fsp3) is 0.935. The van der Waals surface area contributed by atoms with Crippen molar-refractivity contribution >= 4 is 5.97 Å². The van der Waals surface area contributed by atoms with E-state index in [-0.39, 0.29) is 30.1 Å². The van der Waals surface area contributed by atoms with E-state index in [0.717, 1.165) is 5.57 Å². The lowest BCUT2D eigenvalue weighted by molar-refractivity contribution is -0.471. The molecule has 8 rings (SSSR count). The number of aliphatic hydroxyl groups is 12. The first-order valence-electron chi connectivity index (χ1n) is 23.3. The van der Waals surface area contributed by atoms with Gasteiger partial charge in [-0.3, -0.25) is 4.79 Å². The van der Waals surface area contributed by atoms with E-state index in [9.17, 15) is 71.2 Å². The molecule has 0 unspecified atom stereocenters. The Balaban J connectivity index is 1.21. The Morgan fingerprint density at radius 3 is 1.97 bits per heavy atom. The quantitative estimate of drug-likeness (QED) is 0.104. The average Bonchev–Trinajstić information content (AvgIpc) is 3.52. The molecule has 13 N–H and O–H groups in total. The standard InChI is InChI=1S/C46H74O18/c1-39(2)14-15-44(38(59)60)21(16-39)20-8-9-26-41(5)12-11-27(40(3,4)25(41)10-13-42(26,6)43(20,7)35(57)36(44)58)64-46(34(56)31(53)30(52)24(18-48)63-46)45(33(55)28(50)22(49)19-61-45)37-32(54)29(51)23(17-47)62-37/h8,21-37,47-58H,9-19H2,1-7H3,(H,59,60)/t21-,22+,23-,24+,25-,26-,27-,28-,29-,30+,31-,32+,33+,34+,35+,36-,37+,41+,42-,43-,44+,45-,46+/m1/s1. The Bertz CT molecular complexity index is 1830. The van der Waals surface area contributed by atoms with Gasteiger partial charge in [0.05, 0.1) is 38.1 Å². The minimum Gasteiger partial charge on any atom is -0.481 e. The number of hydrogen-bond acceptors (Lipinski definition) is 17. The van der Waals surface area contributed by atoms with Crippen molar-refractivity contribution in [1.29, 1.82) is 0 Å². The molecule has 4 saturated carbocycles. The van der Waals surface area contributed by atoms with E-state index in [0.29, 0.717) is 38.5 Å². The van der Waals surface area contributed by atoms with Crippen molar-refractivity contribution in [2.45, 2.75) is 197 Å². The fourth-order valence-corrected chi connectivity index (χ4v) is 15.7. The molecule has 0 bridgehead atoms. The monoisotopic (exact) mass is 914 g/mol. The second-order valence-electron chi connectivity index (χ2n) is 23.1. The number of allylic oxidation sites excluding steroid dienone is 1. The zero-order chi connectivity index (χ0) is 47.3. The predicted octanol–water partition coefficient (Wildman–Crippen LogP) is -1.30. The number of aliphatic carboxylic acids is 1. The zero-order valence-electron chi connectivity index (χ0n) is 38.0. The Morgan fingerprint density at radius 2 is 1.36 bits per heavy atom. The Labute approximate surface area is 373 Å². The van der Waals surface area contributed by atoms with Gasteiger partial charge in [-0.25, -0.2) is 0 Å². The lowest BCUT2D eigenvalue weighted by Crippen LogP contribution is -2.85. The van der Waals surface area contributed by atoms with Crippen molar-refractivity contribution in [3.63, 3.8) is 0 Å². The third-order valence-electron chi connectivity index (χ3n) is 19.6. The molecule has 0 aromatic heterocycles. The third kappa shape index (κ3) is 6.11. The van der Waals surface area contributed by atoms with Crippen LogP contribution in [-0.2, 0) is 23.7 Å². The molecule has 8 aliphatic rings. The van der Waals surface area contributed by atoms with E-state index < -0.39 is 156 Å². The SMILES string of the molecule is CC1(C)CC[C@]2(C(=O)O)[C@H](C1)C1=CC[C@@H]3[C@@]4(C)CC[C@@H](O[C@@]5([C@@]6([C@H]7O[C@H](CO)[C@@H](O)[C@@H]7O)OC[C@H](O)[C@@H](O)[C@@H]6O)O[C@@H](CO)[C@H](O)[C@@H](O)[C@@H]5O)C(C)(C)[C@H]4CC[C@@]3(C)[C@@]1(C)[C@@H](O)[C@H]2O. The second-order valence-corrected chi connectivity index (χ2v) is 23.1.